The molecule has 1 aromatic carbocycles. The standard InChI is InChI=1S/C19H32N4OS/c1-5-25(24)18-8-6-7-16(13-18)22-19(20-2)21-14-15-9-11-17(12-10-15)23(3)4/h9-12,16,18H,5-8,13-14H2,1-4H3,(H2,20,21,22). The highest BCUT2D eigenvalue weighted by molar-refractivity contribution is 7.85. The van der Waals surface area contributed by atoms with Crippen molar-refractivity contribution >= 4 is 22.4 Å². The molecule has 2 rings (SSSR count). The van der Waals surface area contributed by atoms with Gasteiger partial charge >= 0.3 is 0 Å². The van der Waals surface area contributed by atoms with E-state index in [9.17, 15) is 4.21 Å². The lowest BCUT2D eigenvalue weighted by atomic mass is 9.95. The molecule has 140 valence electrons. The largest absolute Gasteiger partial charge is 0.378 e. The molecule has 5 nitrogen and oxygen atoms in total. The van der Waals surface area contributed by atoms with Gasteiger partial charge in [0.05, 0.1) is 0 Å². The van der Waals surface area contributed by atoms with E-state index in [2.05, 4.69) is 44.8 Å². The van der Waals surface area contributed by atoms with Crippen LogP contribution in [-0.2, 0) is 17.3 Å². The van der Waals surface area contributed by atoms with E-state index in [1.165, 1.54) is 11.3 Å². The maximum Gasteiger partial charge on any atom is 0.191 e. The molecule has 3 atom stereocenters. The molecule has 25 heavy (non-hydrogen) atoms. The van der Waals surface area contributed by atoms with Crippen LogP contribution < -0.4 is 15.5 Å². The van der Waals surface area contributed by atoms with E-state index in [4.69, 9.17) is 0 Å². The van der Waals surface area contributed by atoms with Crippen molar-refractivity contribution in [1.29, 1.82) is 0 Å². The summed E-state index contributed by atoms with van der Waals surface area (Å²) in [6, 6.07) is 8.88. The van der Waals surface area contributed by atoms with Gasteiger partial charge in [-0.05, 0) is 37.0 Å². The number of benzene rings is 1. The van der Waals surface area contributed by atoms with Gasteiger partial charge in [-0.25, -0.2) is 0 Å². The van der Waals surface area contributed by atoms with Crippen molar-refractivity contribution in [3.63, 3.8) is 0 Å². The van der Waals surface area contributed by atoms with E-state index in [1.54, 1.807) is 7.05 Å². The third-order valence-corrected chi connectivity index (χ3v) is 6.50. The highest BCUT2D eigenvalue weighted by atomic mass is 32.2. The predicted octanol–water partition coefficient (Wildman–Crippen LogP) is 2.50. The fourth-order valence-corrected chi connectivity index (χ4v) is 4.58. The first-order valence-corrected chi connectivity index (χ1v) is 10.5. The summed E-state index contributed by atoms with van der Waals surface area (Å²) in [7, 11) is 5.19. The summed E-state index contributed by atoms with van der Waals surface area (Å²) in [5.74, 6) is 1.58. The molecule has 2 N–H and O–H groups in total. The second kappa shape index (κ2) is 9.80. The van der Waals surface area contributed by atoms with Crippen molar-refractivity contribution in [2.45, 2.75) is 50.4 Å². The number of guanidine groups is 1. The first kappa shape index (κ1) is 19.8. The van der Waals surface area contributed by atoms with Crippen LogP contribution in [0.2, 0.25) is 0 Å². The Labute approximate surface area is 154 Å². The van der Waals surface area contributed by atoms with Gasteiger partial charge in [0.2, 0.25) is 0 Å². The molecule has 1 aliphatic rings. The van der Waals surface area contributed by atoms with E-state index in [1.807, 2.05) is 21.0 Å². The normalized spacial score (nSPS) is 22.3. The van der Waals surface area contributed by atoms with Crippen LogP contribution >= 0.6 is 0 Å². The van der Waals surface area contributed by atoms with Gasteiger partial charge in [0.25, 0.3) is 0 Å². The molecule has 0 saturated heterocycles. The first-order chi connectivity index (χ1) is 12.0. The molecular formula is C19H32N4OS. The number of hydrogen-bond acceptors (Lipinski definition) is 3. The SMILES string of the molecule is CCS(=O)C1CCCC(NC(=NC)NCc2ccc(N(C)C)cc2)C1. The summed E-state index contributed by atoms with van der Waals surface area (Å²) in [6.07, 6.45) is 4.31. The van der Waals surface area contributed by atoms with Crippen LogP contribution in [0, 0.1) is 0 Å². The van der Waals surface area contributed by atoms with Crippen molar-refractivity contribution in [3.8, 4) is 0 Å². The molecular weight excluding hydrogens is 332 g/mol. The Morgan fingerprint density at radius 1 is 1.28 bits per heavy atom. The van der Waals surface area contributed by atoms with Crippen LogP contribution in [0.4, 0.5) is 5.69 Å². The van der Waals surface area contributed by atoms with Crippen molar-refractivity contribution in [1.82, 2.24) is 10.6 Å². The highest BCUT2D eigenvalue weighted by Crippen LogP contribution is 2.23. The van der Waals surface area contributed by atoms with Crippen LogP contribution in [-0.4, -0.2) is 48.4 Å². The van der Waals surface area contributed by atoms with Crippen LogP contribution in [0.25, 0.3) is 0 Å². The van der Waals surface area contributed by atoms with Gasteiger partial charge in [0, 0.05) is 61.2 Å². The van der Waals surface area contributed by atoms with E-state index < -0.39 is 10.8 Å². The third kappa shape index (κ3) is 6.03. The maximum atomic E-state index is 12.1. The lowest BCUT2D eigenvalue weighted by molar-refractivity contribution is 0.413. The fraction of sp³-hybridized carbons (Fsp3) is 0.632. The molecule has 0 spiro atoms. The minimum atomic E-state index is -0.695. The topological polar surface area (TPSA) is 56.7 Å². The van der Waals surface area contributed by atoms with Gasteiger partial charge < -0.3 is 15.5 Å². The Morgan fingerprint density at radius 2 is 2.00 bits per heavy atom. The zero-order valence-electron chi connectivity index (χ0n) is 15.9. The summed E-state index contributed by atoms with van der Waals surface area (Å²) in [6.45, 7) is 2.75. The van der Waals surface area contributed by atoms with Crippen LogP contribution in [0.5, 0.6) is 0 Å². The molecule has 3 unspecified atom stereocenters. The molecule has 1 saturated carbocycles. The average molecular weight is 365 g/mol. The van der Waals surface area contributed by atoms with Crippen molar-refractivity contribution in [2.75, 3.05) is 31.8 Å². The van der Waals surface area contributed by atoms with Crippen molar-refractivity contribution in [2.24, 2.45) is 4.99 Å². The Hall–Kier alpha value is -1.56. The van der Waals surface area contributed by atoms with Crippen LogP contribution in [0.15, 0.2) is 29.3 Å². The van der Waals surface area contributed by atoms with E-state index in [0.717, 1.165) is 43.9 Å². The fourth-order valence-electron chi connectivity index (χ4n) is 3.24. The van der Waals surface area contributed by atoms with E-state index >= 15 is 0 Å². The molecule has 1 fully saturated rings. The van der Waals surface area contributed by atoms with Gasteiger partial charge in [-0.15, -0.1) is 0 Å². The van der Waals surface area contributed by atoms with Crippen molar-refractivity contribution in [3.05, 3.63) is 29.8 Å². The molecule has 0 amide bonds. The van der Waals surface area contributed by atoms with Crippen LogP contribution in [0.3, 0.4) is 0 Å². The number of nitrogens with one attached hydrogen (secondary N) is 2. The zero-order chi connectivity index (χ0) is 18.2. The molecule has 6 heteroatoms. The number of aliphatic imine (C=N–C) groups is 1. The number of rotatable bonds is 6. The monoisotopic (exact) mass is 364 g/mol. The molecule has 0 aromatic heterocycles. The smallest absolute Gasteiger partial charge is 0.191 e. The lowest BCUT2D eigenvalue weighted by Crippen LogP contribution is -2.46. The second-order valence-corrected chi connectivity index (χ2v) is 8.79. The minimum Gasteiger partial charge on any atom is -0.378 e. The van der Waals surface area contributed by atoms with Gasteiger partial charge in [-0.3, -0.25) is 9.20 Å². The molecule has 1 aliphatic carbocycles. The quantitative estimate of drug-likeness (QED) is 0.601. The maximum absolute atomic E-state index is 12.1. The summed E-state index contributed by atoms with van der Waals surface area (Å²) < 4.78 is 12.1. The molecule has 1 aromatic rings. The second-order valence-electron chi connectivity index (χ2n) is 6.79. The van der Waals surface area contributed by atoms with Gasteiger partial charge in [0.1, 0.15) is 0 Å². The molecule has 0 radical (unpaired) electrons. The Kier molecular flexibility index (Phi) is 7.75. The minimum absolute atomic E-state index is 0.327. The summed E-state index contributed by atoms with van der Waals surface area (Å²) in [5.41, 5.74) is 2.42. The van der Waals surface area contributed by atoms with Gasteiger partial charge in [0.15, 0.2) is 5.96 Å². The Balaban J connectivity index is 1.85. The lowest BCUT2D eigenvalue weighted by Gasteiger charge is -2.30. The number of anilines is 1. The molecule has 0 bridgehead atoms. The zero-order valence-corrected chi connectivity index (χ0v) is 16.7. The predicted molar refractivity (Wildman–Crippen MR) is 109 cm³/mol. The molecule has 0 heterocycles. The number of nitrogens with zero attached hydrogens (tertiary/aromatic N) is 2. The Morgan fingerprint density at radius 3 is 2.60 bits per heavy atom. The summed E-state index contributed by atoms with van der Waals surface area (Å²) >= 11 is 0. The summed E-state index contributed by atoms with van der Waals surface area (Å²) in [4.78, 5) is 6.44. The van der Waals surface area contributed by atoms with Gasteiger partial charge in [-0.2, -0.15) is 0 Å². The third-order valence-electron chi connectivity index (χ3n) is 4.76. The number of hydrogen-bond donors (Lipinski definition) is 2. The van der Waals surface area contributed by atoms with Crippen molar-refractivity contribution < 1.29 is 4.21 Å². The average Bonchev–Trinajstić information content (AvgIpc) is 2.64. The first-order valence-electron chi connectivity index (χ1n) is 9.14. The summed E-state index contributed by atoms with van der Waals surface area (Å²) in [5, 5.41) is 7.23. The van der Waals surface area contributed by atoms with E-state index in [0.29, 0.717) is 11.3 Å². The molecule has 0 aliphatic heterocycles. The highest BCUT2D eigenvalue weighted by Gasteiger charge is 2.25. The van der Waals surface area contributed by atoms with Gasteiger partial charge in [-0.1, -0.05) is 25.5 Å². The Bertz CT molecular complexity index is 586. The van der Waals surface area contributed by atoms with E-state index in [-0.39, 0.29) is 0 Å². The van der Waals surface area contributed by atoms with Crippen LogP contribution in [0.1, 0.15) is 38.2 Å².